The minimum Gasteiger partial charge on any atom is -0.244 e. The third-order valence-corrected chi connectivity index (χ3v) is 2.50. The first-order valence-corrected chi connectivity index (χ1v) is 4.77. The minimum atomic E-state index is -0.942. The monoisotopic (exact) mass is 158 g/mol. The highest BCUT2D eigenvalue weighted by Crippen LogP contribution is 2.31. The Morgan fingerprint density at radius 3 is 2.18 bits per heavy atom. The molecule has 11 heavy (non-hydrogen) atoms. The van der Waals surface area contributed by atoms with Crippen molar-refractivity contribution in [3.8, 4) is 0 Å². The summed E-state index contributed by atoms with van der Waals surface area (Å²) in [5, 5.41) is 0. The highest BCUT2D eigenvalue weighted by atomic mass is 19.1. The summed E-state index contributed by atoms with van der Waals surface area (Å²) in [6.07, 6.45) is 7.29. The van der Waals surface area contributed by atoms with E-state index in [9.17, 15) is 4.39 Å². The molecule has 0 radical (unpaired) electrons. The molecule has 1 aliphatic rings. The van der Waals surface area contributed by atoms with Crippen LogP contribution >= 0.6 is 0 Å². The van der Waals surface area contributed by atoms with Gasteiger partial charge in [-0.3, -0.25) is 0 Å². The summed E-state index contributed by atoms with van der Waals surface area (Å²) in [5.41, 5.74) is -0.942. The SMILES string of the molecule is CC(C)(F)CC1CCCCC1. The molecule has 66 valence electrons. The molecule has 0 saturated heterocycles. The van der Waals surface area contributed by atoms with Crippen LogP contribution in [0.4, 0.5) is 4.39 Å². The standard InChI is InChI=1S/C10H19F/c1-10(2,11)8-9-6-4-3-5-7-9/h9H,3-8H2,1-2H3. The van der Waals surface area contributed by atoms with E-state index in [1.54, 1.807) is 13.8 Å². The predicted molar refractivity (Wildman–Crippen MR) is 46.4 cm³/mol. The van der Waals surface area contributed by atoms with Gasteiger partial charge in [0.05, 0.1) is 0 Å². The van der Waals surface area contributed by atoms with Gasteiger partial charge in [0.2, 0.25) is 0 Å². The third kappa shape index (κ3) is 3.74. The van der Waals surface area contributed by atoms with Crippen LogP contribution in [0.5, 0.6) is 0 Å². The van der Waals surface area contributed by atoms with Gasteiger partial charge in [0.25, 0.3) is 0 Å². The van der Waals surface area contributed by atoms with Gasteiger partial charge in [-0.05, 0) is 26.2 Å². The van der Waals surface area contributed by atoms with Crippen molar-refractivity contribution in [2.75, 3.05) is 0 Å². The fourth-order valence-corrected chi connectivity index (χ4v) is 2.08. The molecule has 0 spiro atoms. The molecular formula is C10H19F. The Balaban J connectivity index is 2.24. The Bertz CT molecular complexity index is 107. The number of halogens is 1. The van der Waals surface area contributed by atoms with Gasteiger partial charge >= 0.3 is 0 Å². The molecule has 0 nitrogen and oxygen atoms in total. The number of hydrogen-bond donors (Lipinski definition) is 0. The van der Waals surface area contributed by atoms with Crippen LogP contribution in [-0.2, 0) is 0 Å². The molecule has 0 aliphatic heterocycles. The van der Waals surface area contributed by atoms with Crippen LogP contribution in [0.15, 0.2) is 0 Å². The number of rotatable bonds is 2. The average Bonchev–Trinajstić information content (AvgIpc) is 1.85. The van der Waals surface area contributed by atoms with E-state index in [0.717, 1.165) is 6.42 Å². The molecule has 0 atom stereocenters. The van der Waals surface area contributed by atoms with E-state index in [4.69, 9.17) is 0 Å². The highest BCUT2D eigenvalue weighted by molar-refractivity contribution is 4.74. The Labute approximate surface area is 69.2 Å². The molecule has 1 saturated carbocycles. The van der Waals surface area contributed by atoms with Crippen molar-refractivity contribution in [3.63, 3.8) is 0 Å². The Hall–Kier alpha value is -0.0700. The molecule has 1 aliphatic carbocycles. The van der Waals surface area contributed by atoms with Gasteiger partial charge in [-0.25, -0.2) is 4.39 Å². The number of hydrogen-bond acceptors (Lipinski definition) is 0. The summed E-state index contributed by atoms with van der Waals surface area (Å²) < 4.78 is 13.2. The van der Waals surface area contributed by atoms with Gasteiger partial charge < -0.3 is 0 Å². The Morgan fingerprint density at radius 1 is 1.18 bits per heavy atom. The van der Waals surface area contributed by atoms with Crippen molar-refractivity contribution in [2.45, 2.75) is 58.0 Å². The largest absolute Gasteiger partial charge is 0.244 e. The lowest BCUT2D eigenvalue weighted by Crippen LogP contribution is -2.19. The second-order valence-electron chi connectivity index (χ2n) is 4.43. The van der Waals surface area contributed by atoms with Crippen LogP contribution in [-0.4, -0.2) is 5.67 Å². The average molecular weight is 158 g/mol. The molecule has 0 heterocycles. The van der Waals surface area contributed by atoms with E-state index >= 15 is 0 Å². The lowest BCUT2D eigenvalue weighted by Gasteiger charge is -2.26. The Morgan fingerprint density at radius 2 is 1.73 bits per heavy atom. The van der Waals surface area contributed by atoms with Gasteiger partial charge in [0.1, 0.15) is 5.67 Å². The van der Waals surface area contributed by atoms with E-state index in [2.05, 4.69) is 0 Å². The maximum Gasteiger partial charge on any atom is 0.105 e. The maximum atomic E-state index is 13.2. The second-order valence-corrected chi connectivity index (χ2v) is 4.43. The zero-order chi connectivity index (χ0) is 8.32. The molecule has 0 aromatic rings. The van der Waals surface area contributed by atoms with Crippen LogP contribution < -0.4 is 0 Å². The summed E-state index contributed by atoms with van der Waals surface area (Å²) in [5.74, 6) is 0.670. The van der Waals surface area contributed by atoms with E-state index < -0.39 is 5.67 Å². The van der Waals surface area contributed by atoms with Crippen LogP contribution in [0.25, 0.3) is 0 Å². The lowest BCUT2D eigenvalue weighted by molar-refractivity contribution is 0.150. The van der Waals surface area contributed by atoms with Crippen molar-refractivity contribution in [1.82, 2.24) is 0 Å². The second kappa shape index (κ2) is 3.55. The first-order chi connectivity index (χ1) is 5.08. The van der Waals surface area contributed by atoms with Crippen molar-refractivity contribution in [1.29, 1.82) is 0 Å². The predicted octanol–water partition coefficient (Wildman–Crippen LogP) is 3.70. The summed E-state index contributed by atoms with van der Waals surface area (Å²) >= 11 is 0. The summed E-state index contributed by atoms with van der Waals surface area (Å²) in [6.45, 7) is 3.39. The molecule has 0 amide bonds. The van der Waals surface area contributed by atoms with E-state index in [1.807, 2.05) is 0 Å². The quantitative estimate of drug-likeness (QED) is 0.574. The lowest BCUT2D eigenvalue weighted by atomic mass is 9.83. The molecule has 1 rings (SSSR count). The fourth-order valence-electron chi connectivity index (χ4n) is 2.08. The van der Waals surface area contributed by atoms with E-state index in [1.165, 1.54) is 32.1 Å². The van der Waals surface area contributed by atoms with Crippen LogP contribution in [0.3, 0.4) is 0 Å². The fraction of sp³-hybridized carbons (Fsp3) is 1.00. The van der Waals surface area contributed by atoms with Gasteiger partial charge in [-0.1, -0.05) is 32.1 Å². The normalized spacial score (nSPS) is 22.1. The van der Waals surface area contributed by atoms with Crippen LogP contribution in [0.2, 0.25) is 0 Å². The highest BCUT2D eigenvalue weighted by Gasteiger charge is 2.23. The van der Waals surface area contributed by atoms with Gasteiger partial charge in [0, 0.05) is 0 Å². The molecule has 0 unspecified atom stereocenters. The first kappa shape index (κ1) is 9.02. The van der Waals surface area contributed by atoms with E-state index in [-0.39, 0.29) is 0 Å². The van der Waals surface area contributed by atoms with Crippen molar-refractivity contribution in [2.24, 2.45) is 5.92 Å². The zero-order valence-corrected chi connectivity index (χ0v) is 7.70. The summed E-state index contributed by atoms with van der Waals surface area (Å²) in [4.78, 5) is 0. The maximum absolute atomic E-state index is 13.2. The zero-order valence-electron chi connectivity index (χ0n) is 7.70. The van der Waals surface area contributed by atoms with Crippen LogP contribution in [0, 0.1) is 5.92 Å². The van der Waals surface area contributed by atoms with Crippen LogP contribution in [0.1, 0.15) is 52.4 Å². The van der Waals surface area contributed by atoms with Crippen molar-refractivity contribution >= 4 is 0 Å². The first-order valence-electron chi connectivity index (χ1n) is 4.77. The summed E-state index contributed by atoms with van der Waals surface area (Å²) in [6, 6.07) is 0. The van der Waals surface area contributed by atoms with Crippen molar-refractivity contribution in [3.05, 3.63) is 0 Å². The molecule has 0 N–H and O–H groups in total. The molecule has 1 heteroatoms. The summed E-state index contributed by atoms with van der Waals surface area (Å²) in [7, 11) is 0. The topological polar surface area (TPSA) is 0 Å². The molecule has 0 bridgehead atoms. The molecule has 1 fully saturated rings. The van der Waals surface area contributed by atoms with E-state index in [0.29, 0.717) is 5.92 Å². The molecular weight excluding hydrogens is 139 g/mol. The van der Waals surface area contributed by atoms with Gasteiger partial charge in [0.15, 0.2) is 0 Å². The van der Waals surface area contributed by atoms with Gasteiger partial charge in [-0.15, -0.1) is 0 Å². The Kier molecular flexibility index (Phi) is 2.91. The minimum absolute atomic E-state index is 0.670. The molecule has 0 aromatic carbocycles. The molecule has 0 aromatic heterocycles. The third-order valence-electron chi connectivity index (χ3n) is 2.50. The number of alkyl halides is 1. The van der Waals surface area contributed by atoms with Gasteiger partial charge in [-0.2, -0.15) is 0 Å². The smallest absolute Gasteiger partial charge is 0.105 e. The van der Waals surface area contributed by atoms with Crippen molar-refractivity contribution < 1.29 is 4.39 Å².